The average molecular weight is 546 g/mol. The Balaban J connectivity index is 1.48. The minimum Gasteiger partial charge on any atom is -0.497 e. The molecule has 210 valence electrons. The molecule has 1 fully saturated rings. The molecule has 4 rings (SSSR count). The number of rotatable bonds is 9. The molecular weight excluding hydrogens is 509 g/mol. The van der Waals surface area contributed by atoms with Crippen LogP contribution in [-0.4, -0.2) is 79.6 Å². The number of allylic oxidation sites excluding steroid dienone is 2. The van der Waals surface area contributed by atoms with Crippen molar-refractivity contribution in [1.82, 2.24) is 14.8 Å². The second kappa shape index (κ2) is 13.6. The maximum atomic E-state index is 13.5. The van der Waals surface area contributed by atoms with Gasteiger partial charge in [0.2, 0.25) is 11.8 Å². The Morgan fingerprint density at radius 2 is 1.68 bits per heavy atom. The van der Waals surface area contributed by atoms with Crippen molar-refractivity contribution in [2.75, 3.05) is 46.9 Å². The lowest BCUT2D eigenvalue weighted by Crippen LogP contribution is -2.50. The lowest BCUT2D eigenvalue weighted by Gasteiger charge is -2.37. The molecule has 2 aliphatic heterocycles. The molecule has 2 aromatic carbocycles. The number of aliphatic imine (C=N–C) groups is 1. The van der Waals surface area contributed by atoms with Crippen molar-refractivity contribution >= 4 is 23.5 Å². The summed E-state index contributed by atoms with van der Waals surface area (Å²) < 4.78 is 24.1. The van der Waals surface area contributed by atoms with E-state index in [1.54, 1.807) is 31.4 Å². The summed E-state index contributed by atoms with van der Waals surface area (Å²) in [7, 11) is 3.23. The number of hydrazone groups is 1. The Morgan fingerprint density at radius 1 is 1.00 bits per heavy atom. The van der Waals surface area contributed by atoms with Crippen LogP contribution < -0.4 is 4.74 Å². The van der Waals surface area contributed by atoms with Crippen LogP contribution in [0.3, 0.4) is 0 Å². The summed E-state index contributed by atoms with van der Waals surface area (Å²) in [6.07, 6.45) is 7.76. The van der Waals surface area contributed by atoms with Gasteiger partial charge in [-0.2, -0.15) is 5.10 Å². The Hall–Kier alpha value is -4.40. The number of halogens is 1. The molecule has 8 nitrogen and oxygen atoms in total. The third-order valence-corrected chi connectivity index (χ3v) is 6.90. The first-order chi connectivity index (χ1) is 19.4. The predicted octanol–water partition coefficient (Wildman–Crippen LogP) is 4.91. The number of hydrogen-bond acceptors (Lipinski definition) is 7. The zero-order valence-electron chi connectivity index (χ0n) is 23.3. The molecule has 2 heterocycles. The van der Waals surface area contributed by atoms with Gasteiger partial charge in [0.05, 0.1) is 25.6 Å². The molecule has 9 heteroatoms. The van der Waals surface area contributed by atoms with Crippen LogP contribution in [0.25, 0.3) is 5.70 Å². The quantitative estimate of drug-likeness (QED) is 0.331. The summed E-state index contributed by atoms with van der Waals surface area (Å²) in [5.41, 5.74) is 3.86. The van der Waals surface area contributed by atoms with Crippen LogP contribution in [0, 0.1) is 5.82 Å². The number of hydrogen-bond donors (Lipinski definition) is 0. The highest BCUT2D eigenvalue weighted by Gasteiger charge is 2.25. The van der Waals surface area contributed by atoms with Crippen LogP contribution in [0.4, 0.5) is 4.39 Å². The van der Waals surface area contributed by atoms with Gasteiger partial charge in [-0.3, -0.25) is 9.80 Å². The molecule has 0 unspecified atom stereocenters. The number of amides is 1. The number of nitrogens with zero attached hydrogens (tertiary/aromatic N) is 5. The Kier molecular flexibility index (Phi) is 9.72. The summed E-state index contributed by atoms with van der Waals surface area (Å²) in [4.78, 5) is 22.0. The largest absolute Gasteiger partial charge is 0.497 e. The summed E-state index contributed by atoms with van der Waals surface area (Å²) in [6, 6.07) is 13.6. The van der Waals surface area contributed by atoms with Crippen molar-refractivity contribution in [2.24, 2.45) is 10.1 Å². The molecule has 0 N–H and O–H groups in total. The van der Waals surface area contributed by atoms with Crippen molar-refractivity contribution in [3.05, 3.63) is 95.8 Å². The van der Waals surface area contributed by atoms with Crippen molar-refractivity contribution in [2.45, 2.75) is 19.8 Å². The van der Waals surface area contributed by atoms with Gasteiger partial charge in [-0.05, 0) is 67.3 Å². The van der Waals surface area contributed by atoms with Crippen LogP contribution in [0.1, 0.15) is 30.9 Å². The molecule has 2 aromatic rings. The standard InChI is InChI=1S/C31H36FN5O3/c1-23(25-8-12-27(32)13-9-25)34-37(24(2)26-10-14-29(39-3)15-11-26)22-31(38)36-19-17-35(18-20-36)28-7-5-6-16-33-30(21-28)40-4/h7-16,21H,2,5-6,17-20,22H2,1,3-4H3/b28-7?,30-21?,33-16?,34-23+. The van der Waals surface area contributed by atoms with Crippen molar-refractivity contribution in [3.63, 3.8) is 0 Å². The summed E-state index contributed by atoms with van der Waals surface area (Å²) in [6.45, 7) is 8.67. The van der Waals surface area contributed by atoms with E-state index in [-0.39, 0.29) is 18.3 Å². The smallest absolute Gasteiger partial charge is 0.244 e. The number of benzene rings is 2. The SMILES string of the molecule is C=C(c1ccc(OC)cc1)N(CC(=O)N1CCN(C2=CCCC=NC(OC)=C2)CC1)/N=C(\C)c1ccc(F)cc1. The summed E-state index contributed by atoms with van der Waals surface area (Å²) in [5.74, 6) is 0.935. The zero-order chi connectivity index (χ0) is 28.5. The van der Waals surface area contributed by atoms with E-state index in [0.717, 1.165) is 35.4 Å². The Bertz CT molecular complexity index is 1310. The third kappa shape index (κ3) is 7.37. The summed E-state index contributed by atoms with van der Waals surface area (Å²) >= 11 is 0. The monoisotopic (exact) mass is 545 g/mol. The van der Waals surface area contributed by atoms with Crippen LogP contribution >= 0.6 is 0 Å². The van der Waals surface area contributed by atoms with E-state index in [2.05, 4.69) is 22.5 Å². The topological polar surface area (TPSA) is 70.0 Å². The van der Waals surface area contributed by atoms with Gasteiger partial charge >= 0.3 is 0 Å². The maximum absolute atomic E-state index is 13.5. The molecular formula is C31H36FN5O3. The number of carbonyl (C=O) groups is 1. The first-order valence-electron chi connectivity index (χ1n) is 13.3. The normalized spacial score (nSPS) is 15.9. The van der Waals surface area contributed by atoms with E-state index >= 15 is 0 Å². The highest BCUT2D eigenvalue weighted by Crippen LogP contribution is 2.23. The molecule has 1 amide bonds. The van der Waals surface area contributed by atoms with Crippen molar-refractivity contribution < 1.29 is 18.7 Å². The van der Waals surface area contributed by atoms with E-state index < -0.39 is 0 Å². The molecule has 0 atom stereocenters. The Morgan fingerprint density at radius 3 is 2.33 bits per heavy atom. The fraction of sp³-hybridized carbons (Fsp3) is 0.323. The number of ether oxygens (including phenoxy) is 2. The number of carbonyl (C=O) groups excluding carboxylic acids is 1. The molecule has 0 aromatic heterocycles. The first-order valence-corrected chi connectivity index (χ1v) is 13.3. The van der Waals surface area contributed by atoms with Gasteiger partial charge < -0.3 is 19.3 Å². The van der Waals surface area contributed by atoms with E-state index in [4.69, 9.17) is 14.6 Å². The lowest BCUT2D eigenvalue weighted by molar-refractivity contribution is -0.133. The van der Waals surface area contributed by atoms with Crippen molar-refractivity contribution in [1.29, 1.82) is 0 Å². The first kappa shape index (κ1) is 28.6. The van der Waals surface area contributed by atoms with E-state index in [1.807, 2.05) is 48.4 Å². The molecule has 0 bridgehead atoms. The van der Waals surface area contributed by atoms with Gasteiger partial charge in [0.1, 0.15) is 18.1 Å². The van der Waals surface area contributed by atoms with Gasteiger partial charge in [0, 0.05) is 44.2 Å². The molecule has 0 radical (unpaired) electrons. The average Bonchev–Trinajstić information content (AvgIpc) is 2.97. The second-order valence-corrected chi connectivity index (χ2v) is 9.50. The highest BCUT2D eigenvalue weighted by atomic mass is 19.1. The Labute approximate surface area is 235 Å². The number of piperazine rings is 1. The van der Waals surface area contributed by atoms with E-state index in [9.17, 15) is 9.18 Å². The van der Waals surface area contributed by atoms with Gasteiger partial charge in [0.25, 0.3) is 0 Å². The predicted molar refractivity (Wildman–Crippen MR) is 156 cm³/mol. The lowest BCUT2D eigenvalue weighted by atomic mass is 10.1. The highest BCUT2D eigenvalue weighted by molar-refractivity contribution is 5.99. The van der Waals surface area contributed by atoms with Crippen LogP contribution in [0.5, 0.6) is 5.75 Å². The van der Waals surface area contributed by atoms with Crippen LogP contribution in [0.15, 0.2) is 88.9 Å². The molecule has 40 heavy (non-hydrogen) atoms. The zero-order valence-corrected chi connectivity index (χ0v) is 23.3. The molecule has 0 aliphatic carbocycles. The molecule has 2 aliphatic rings. The summed E-state index contributed by atoms with van der Waals surface area (Å²) in [5, 5.41) is 6.37. The van der Waals surface area contributed by atoms with Gasteiger partial charge in [-0.25, -0.2) is 9.38 Å². The maximum Gasteiger partial charge on any atom is 0.244 e. The van der Waals surface area contributed by atoms with Gasteiger partial charge in [-0.15, -0.1) is 0 Å². The van der Waals surface area contributed by atoms with Crippen LogP contribution in [-0.2, 0) is 9.53 Å². The molecule has 0 saturated carbocycles. The molecule has 0 spiro atoms. The van der Waals surface area contributed by atoms with E-state index in [1.165, 1.54) is 12.1 Å². The third-order valence-electron chi connectivity index (χ3n) is 6.90. The van der Waals surface area contributed by atoms with E-state index in [0.29, 0.717) is 43.5 Å². The second-order valence-electron chi connectivity index (χ2n) is 9.50. The van der Waals surface area contributed by atoms with Crippen molar-refractivity contribution in [3.8, 4) is 5.75 Å². The minimum atomic E-state index is -0.317. The fourth-order valence-corrected chi connectivity index (χ4v) is 4.51. The van der Waals surface area contributed by atoms with Gasteiger partial charge in [-0.1, -0.05) is 24.8 Å². The fourth-order valence-electron chi connectivity index (χ4n) is 4.51. The van der Waals surface area contributed by atoms with Crippen LogP contribution in [0.2, 0.25) is 0 Å². The number of methoxy groups -OCH3 is 2. The molecule has 1 saturated heterocycles. The minimum absolute atomic E-state index is 0.0224. The van der Waals surface area contributed by atoms with Gasteiger partial charge in [0.15, 0.2) is 0 Å².